The average molecular weight is 313 g/mol. The second-order valence-electron chi connectivity index (χ2n) is 4.80. The predicted octanol–water partition coefficient (Wildman–Crippen LogP) is 3.02. The molecule has 3 rings (SSSR count). The summed E-state index contributed by atoms with van der Waals surface area (Å²) in [4.78, 5) is 12.2. The van der Waals surface area contributed by atoms with E-state index < -0.39 is 0 Å². The number of benzene rings is 2. The molecule has 0 bridgehead atoms. The lowest BCUT2D eigenvalue weighted by Crippen LogP contribution is -2.14. The Morgan fingerprint density at radius 2 is 2.00 bits per heavy atom. The summed E-state index contributed by atoms with van der Waals surface area (Å²) >= 11 is 1.32. The fourth-order valence-corrected chi connectivity index (χ4v) is 3.00. The van der Waals surface area contributed by atoms with Crippen molar-refractivity contribution in [1.82, 2.24) is 10.2 Å². The van der Waals surface area contributed by atoms with Gasteiger partial charge in [0.15, 0.2) is 0 Å². The van der Waals surface area contributed by atoms with E-state index >= 15 is 0 Å². The summed E-state index contributed by atoms with van der Waals surface area (Å²) in [6.07, 6.45) is 0.306. The fraction of sp³-hybridized carbons (Fsp3) is 0.188. The molecule has 0 aliphatic rings. The molecule has 1 aromatic heterocycles. The van der Waals surface area contributed by atoms with Crippen LogP contribution in [0.15, 0.2) is 42.5 Å². The van der Waals surface area contributed by atoms with Crippen molar-refractivity contribution in [1.29, 1.82) is 0 Å². The average Bonchev–Trinajstić information content (AvgIpc) is 2.95. The predicted molar refractivity (Wildman–Crippen MR) is 86.9 cm³/mol. The van der Waals surface area contributed by atoms with E-state index in [1.54, 1.807) is 7.11 Å². The highest BCUT2D eigenvalue weighted by atomic mass is 32.1. The summed E-state index contributed by atoms with van der Waals surface area (Å²) in [6.45, 7) is 0.400. The van der Waals surface area contributed by atoms with E-state index in [9.17, 15) is 4.79 Å². The number of amides is 1. The first-order valence-corrected chi connectivity index (χ1v) is 7.66. The molecule has 0 spiro atoms. The first kappa shape index (κ1) is 14.6. The standard InChI is InChI=1S/C16H15N3O2S/c1-21-10-15-18-19-16(22-15)17-14(20)9-12-7-4-6-11-5-2-3-8-13(11)12/h2-8H,9-10H2,1H3,(H,17,19,20). The lowest BCUT2D eigenvalue weighted by molar-refractivity contribution is -0.115. The Morgan fingerprint density at radius 1 is 1.18 bits per heavy atom. The van der Waals surface area contributed by atoms with Crippen LogP contribution in [0.25, 0.3) is 10.8 Å². The van der Waals surface area contributed by atoms with E-state index in [0.29, 0.717) is 18.2 Å². The Labute approximate surface area is 132 Å². The second kappa shape index (κ2) is 6.64. The number of rotatable bonds is 5. The number of carbonyl (C=O) groups is 1. The lowest BCUT2D eigenvalue weighted by atomic mass is 10.0. The molecule has 0 saturated carbocycles. The van der Waals surface area contributed by atoms with Gasteiger partial charge in [0.05, 0.1) is 6.42 Å². The van der Waals surface area contributed by atoms with Crippen LogP contribution >= 0.6 is 11.3 Å². The molecule has 3 aromatic rings. The maximum absolute atomic E-state index is 12.2. The molecule has 0 saturated heterocycles. The van der Waals surface area contributed by atoms with Crippen LogP contribution in [-0.4, -0.2) is 23.2 Å². The normalized spacial score (nSPS) is 10.8. The van der Waals surface area contributed by atoms with E-state index in [2.05, 4.69) is 15.5 Å². The molecule has 0 fully saturated rings. The Hall–Kier alpha value is -2.31. The molecule has 0 unspecified atom stereocenters. The van der Waals surface area contributed by atoms with Gasteiger partial charge in [0, 0.05) is 7.11 Å². The number of hydrogen-bond acceptors (Lipinski definition) is 5. The van der Waals surface area contributed by atoms with Crippen LogP contribution in [0.5, 0.6) is 0 Å². The second-order valence-corrected chi connectivity index (χ2v) is 5.86. The quantitative estimate of drug-likeness (QED) is 0.786. The van der Waals surface area contributed by atoms with Gasteiger partial charge in [-0.2, -0.15) is 0 Å². The zero-order valence-corrected chi connectivity index (χ0v) is 12.9. The molecule has 0 aliphatic carbocycles. The van der Waals surface area contributed by atoms with Crippen molar-refractivity contribution in [3.8, 4) is 0 Å². The highest BCUT2D eigenvalue weighted by Gasteiger charge is 2.10. The van der Waals surface area contributed by atoms with E-state index in [-0.39, 0.29) is 5.91 Å². The molecule has 0 atom stereocenters. The van der Waals surface area contributed by atoms with Gasteiger partial charge in [-0.3, -0.25) is 4.79 Å². The molecule has 1 N–H and O–H groups in total. The maximum Gasteiger partial charge on any atom is 0.230 e. The summed E-state index contributed by atoms with van der Waals surface area (Å²) in [5.41, 5.74) is 0.997. The number of anilines is 1. The maximum atomic E-state index is 12.2. The van der Waals surface area contributed by atoms with Gasteiger partial charge in [0.1, 0.15) is 11.6 Å². The van der Waals surface area contributed by atoms with Gasteiger partial charge in [-0.1, -0.05) is 53.8 Å². The molecule has 112 valence electrons. The summed E-state index contributed by atoms with van der Waals surface area (Å²) in [5, 5.41) is 14.1. The minimum Gasteiger partial charge on any atom is -0.377 e. The molecule has 2 aromatic carbocycles. The molecule has 0 aliphatic heterocycles. The zero-order chi connectivity index (χ0) is 15.4. The molecule has 6 heteroatoms. The third-order valence-corrected chi connectivity index (χ3v) is 4.02. The van der Waals surface area contributed by atoms with E-state index in [1.165, 1.54) is 11.3 Å². The van der Waals surface area contributed by atoms with Crippen molar-refractivity contribution in [2.24, 2.45) is 0 Å². The zero-order valence-electron chi connectivity index (χ0n) is 12.1. The van der Waals surface area contributed by atoms with Crippen molar-refractivity contribution < 1.29 is 9.53 Å². The first-order chi connectivity index (χ1) is 10.8. The Balaban J connectivity index is 1.72. The summed E-state index contributed by atoms with van der Waals surface area (Å²) in [6, 6.07) is 14.0. The largest absolute Gasteiger partial charge is 0.377 e. The summed E-state index contributed by atoms with van der Waals surface area (Å²) in [5.74, 6) is -0.100. The Kier molecular flexibility index (Phi) is 4.41. The minimum absolute atomic E-state index is 0.100. The van der Waals surface area contributed by atoms with Gasteiger partial charge in [0.2, 0.25) is 11.0 Å². The molecule has 1 heterocycles. The van der Waals surface area contributed by atoms with Crippen molar-refractivity contribution in [3.63, 3.8) is 0 Å². The number of carbonyl (C=O) groups excluding carboxylic acids is 1. The van der Waals surface area contributed by atoms with Gasteiger partial charge in [-0.05, 0) is 16.3 Å². The van der Waals surface area contributed by atoms with Crippen molar-refractivity contribution >= 4 is 33.1 Å². The van der Waals surface area contributed by atoms with Crippen LogP contribution in [-0.2, 0) is 22.6 Å². The van der Waals surface area contributed by atoms with Gasteiger partial charge in [0.25, 0.3) is 0 Å². The third-order valence-electron chi connectivity index (χ3n) is 3.21. The number of methoxy groups -OCH3 is 1. The molecule has 5 nitrogen and oxygen atoms in total. The topological polar surface area (TPSA) is 64.1 Å². The van der Waals surface area contributed by atoms with E-state index in [4.69, 9.17) is 4.74 Å². The van der Waals surface area contributed by atoms with E-state index in [1.807, 2.05) is 42.5 Å². The summed E-state index contributed by atoms with van der Waals surface area (Å²) in [7, 11) is 1.60. The van der Waals surface area contributed by atoms with Gasteiger partial charge < -0.3 is 10.1 Å². The smallest absolute Gasteiger partial charge is 0.230 e. The highest BCUT2D eigenvalue weighted by Crippen LogP contribution is 2.20. The Morgan fingerprint density at radius 3 is 2.86 bits per heavy atom. The fourth-order valence-electron chi connectivity index (χ4n) is 2.27. The van der Waals surface area contributed by atoms with Crippen LogP contribution in [0.2, 0.25) is 0 Å². The van der Waals surface area contributed by atoms with Gasteiger partial charge in [-0.25, -0.2) is 0 Å². The molecule has 1 amide bonds. The van der Waals surface area contributed by atoms with Crippen LogP contribution in [0.4, 0.5) is 5.13 Å². The van der Waals surface area contributed by atoms with Crippen molar-refractivity contribution in [2.45, 2.75) is 13.0 Å². The van der Waals surface area contributed by atoms with Crippen LogP contribution in [0, 0.1) is 0 Å². The lowest BCUT2D eigenvalue weighted by Gasteiger charge is -2.06. The number of nitrogens with zero attached hydrogens (tertiary/aromatic N) is 2. The molecule has 0 radical (unpaired) electrons. The van der Waals surface area contributed by atoms with Crippen molar-refractivity contribution in [2.75, 3.05) is 12.4 Å². The number of ether oxygens (including phenoxy) is 1. The molecular weight excluding hydrogens is 298 g/mol. The minimum atomic E-state index is -0.100. The van der Waals surface area contributed by atoms with Crippen LogP contribution in [0.1, 0.15) is 10.6 Å². The number of fused-ring (bicyclic) bond motifs is 1. The number of hydrogen-bond donors (Lipinski definition) is 1. The number of aromatic nitrogens is 2. The van der Waals surface area contributed by atoms with Crippen LogP contribution in [0.3, 0.4) is 0 Å². The molecular formula is C16H15N3O2S. The highest BCUT2D eigenvalue weighted by molar-refractivity contribution is 7.15. The van der Waals surface area contributed by atoms with Gasteiger partial charge >= 0.3 is 0 Å². The third kappa shape index (κ3) is 3.29. The molecule has 22 heavy (non-hydrogen) atoms. The monoisotopic (exact) mass is 313 g/mol. The van der Waals surface area contributed by atoms with Gasteiger partial charge in [-0.15, -0.1) is 10.2 Å². The van der Waals surface area contributed by atoms with Crippen LogP contribution < -0.4 is 5.32 Å². The first-order valence-electron chi connectivity index (χ1n) is 6.84. The number of nitrogens with one attached hydrogen (secondary N) is 1. The Bertz CT molecular complexity index is 795. The SMILES string of the molecule is COCc1nnc(NC(=O)Cc2cccc3ccccc23)s1. The van der Waals surface area contributed by atoms with Crippen molar-refractivity contribution in [3.05, 3.63) is 53.0 Å². The summed E-state index contributed by atoms with van der Waals surface area (Å²) < 4.78 is 4.99. The van der Waals surface area contributed by atoms with E-state index in [0.717, 1.165) is 21.3 Å².